The standard InChI is InChI=1S/C14H18BrClF2/c1-2-3-4-5-6-7-11(15)10-8-13(17)14(18)9-12(10)16/h8-9,11H,2-7H2,1H3. The van der Waals surface area contributed by atoms with Crippen LogP contribution >= 0.6 is 27.5 Å². The third-order valence-corrected chi connectivity index (χ3v) is 4.22. The van der Waals surface area contributed by atoms with Crippen LogP contribution in [0.15, 0.2) is 12.1 Å². The zero-order valence-electron chi connectivity index (χ0n) is 10.5. The maximum absolute atomic E-state index is 13.2. The van der Waals surface area contributed by atoms with Crippen LogP contribution in [0.25, 0.3) is 0 Å². The molecule has 1 rings (SSSR count). The minimum absolute atomic E-state index is 0.0123. The lowest BCUT2D eigenvalue weighted by atomic mass is 10.0. The van der Waals surface area contributed by atoms with Crippen LogP contribution in [0.1, 0.15) is 55.8 Å². The highest BCUT2D eigenvalue weighted by molar-refractivity contribution is 9.09. The number of hydrogen-bond donors (Lipinski definition) is 0. The molecule has 18 heavy (non-hydrogen) atoms. The highest BCUT2D eigenvalue weighted by atomic mass is 79.9. The van der Waals surface area contributed by atoms with E-state index in [9.17, 15) is 8.78 Å². The van der Waals surface area contributed by atoms with E-state index in [-0.39, 0.29) is 9.85 Å². The van der Waals surface area contributed by atoms with Crippen molar-refractivity contribution < 1.29 is 8.78 Å². The lowest BCUT2D eigenvalue weighted by molar-refractivity contribution is 0.506. The molecule has 0 nitrogen and oxygen atoms in total. The SMILES string of the molecule is CCCCCCCC(Br)c1cc(F)c(F)cc1Cl. The summed E-state index contributed by atoms with van der Waals surface area (Å²) in [6.07, 6.45) is 6.80. The monoisotopic (exact) mass is 338 g/mol. The molecule has 0 aliphatic carbocycles. The van der Waals surface area contributed by atoms with E-state index in [0.717, 1.165) is 25.3 Å². The van der Waals surface area contributed by atoms with Crippen LogP contribution in [-0.2, 0) is 0 Å². The van der Waals surface area contributed by atoms with E-state index in [1.165, 1.54) is 25.3 Å². The number of unbranched alkanes of at least 4 members (excludes halogenated alkanes) is 4. The maximum atomic E-state index is 13.2. The third-order valence-electron chi connectivity index (χ3n) is 2.94. The van der Waals surface area contributed by atoms with Gasteiger partial charge in [0.1, 0.15) is 0 Å². The van der Waals surface area contributed by atoms with E-state index in [0.29, 0.717) is 5.56 Å². The Morgan fingerprint density at radius 1 is 1.11 bits per heavy atom. The van der Waals surface area contributed by atoms with E-state index in [2.05, 4.69) is 22.9 Å². The van der Waals surface area contributed by atoms with E-state index < -0.39 is 11.6 Å². The van der Waals surface area contributed by atoms with Gasteiger partial charge in [-0.2, -0.15) is 0 Å². The van der Waals surface area contributed by atoms with Gasteiger partial charge in [0.15, 0.2) is 11.6 Å². The summed E-state index contributed by atoms with van der Waals surface area (Å²) in [5, 5.41) is 0.282. The lowest BCUT2D eigenvalue weighted by Crippen LogP contribution is -1.95. The Bertz CT molecular complexity index is 382. The Kier molecular flexibility index (Phi) is 7.16. The molecule has 0 spiro atoms. The molecule has 0 aliphatic heterocycles. The van der Waals surface area contributed by atoms with Gasteiger partial charge in [0.25, 0.3) is 0 Å². The van der Waals surface area contributed by atoms with Crippen LogP contribution < -0.4 is 0 Å². The molecule has 102 valence electrons. The van der Waals surface area contributed by atoms with Crippen molar-refractivity contribution in [1.82, 2.24) is 0 Å². The van der Waals surface area contributed by atoms with Gasteiger partial charge in [-0.15, -0.1) is 0 Å². The number of benzene rings is 1. The van der Waals surface area contributed by atoms with Gasteiger partial charge >= 0.3 is 0 Å². The molecule has 0 bridgehead atoms. The second-order valence-electron chi connectivity index (χ2n) is 4.46. The Labute approximate surface area is 121 Å². The quantitative estimate of drug-likeness (QED) is 0.306. The van der Waals surface area contributed by atoms with E-state index in [1.807, 2.05) is 0 Å². The topological polar surface area (TPSA) is 0 Å². The van der Waals surface area contributed by atoms with Crippen molar-refractivity contribution >= 4 is 27.5 Å². The van der Waals surface area contributed by atoms with Gasteiger partial charge < -0.3 is 0 Å². The summed E-state index contributed by atoms with van der Waals surface area (Å²) in [5.74, 6) is -1.74. The van der Waals surface area contributed by atoms with Crippen LogP contribution in [0.2, 0.25) is 5.02 Å². The van der Waals surface area contributed by atoms with Crippen molar-refractivity contribution in [1.29, 1.82) is 0 Å². The highest BCUT2D eigenvalue weighted by Crippen LogP contribution is 2.34. The van der Waals surface area contributed by atoms with Gasteiger partial charge in [-0.1, -0.05) is 66.6 Å². The first-order valence-corrected chi connectivity index (χ1v) is 7.64. The van der Waals surface area contributed by atoms with Crippen molar-refractivity contribution in [2.75, 3.05) is 0 Å². The number of alkyl halides is 1. The minimum Gasteiger partial charge on any atom is -0.204 e. The van der Waals surface area contributed by atoms with Crippen LogP contribution in [0.4, 0.5) is 8.78 Å². The van der Waals surface area contributed by atoms with Gasteiger partial charge in [-0.05, 0) is 24.1 Å². The molecule has 4 heteroatoms. The zero-order valence-corrected chi connectivity index (χ0v) is 12.8. The summed E-state index contributed by atoms with van der Waals surface area (Å²) in [6.45, 7) is 2.17. The van der Waals surface area contributed by atoms with Crippen LogP contribution in [0, 0.1) is 11.6 Å². The van der Waals surface area contributed by atoms with Gasteiger partial charge in [0, 0.05) is 9.85 Å². The Hall–Kier alpha value is -0.150. The summed E-state index contributed by atoms with van der Waals surface area (Å²) >= 11 is 9.41. The smallest absolute Gasteiger partial charge is 0.160 e. The van der Waals surface area contributed by atoms with Crippen molar-refractivity contribution in [3.05, 3.63) is 34.4 Å². The molecule has 1 unspecified atom stereocenters. The third kappa shape index (κ3) is 4.85. The first kappa shape index (κ1) is 15.9. The number of hydrogen-bond acceptors (Lipinski definition) is 0. The molecule has 1 atom stereocenters. The summed E-state index contributed by atoms with van der Waals surface area (Å²) in [5.41, 5.74) is 0.631. The van der Waals surface area contributed by atoms with Crippen molar-refractivity contribution in [2.45, 2.75) is 50.3 Å². The molecule has 0 heterocycles. The molecule has 0 saturated heterocycles. The lowest BCUT2D eigenvalue weighted by Gasteiger charge is -2.12. The molecular weight excluding hydrogens is 322 g/mol. The summed E-state index contributed by atoms with van der Waals surface area (Å²) in [7, 11) is 0. The number of rotatable bonds is 7. The van der Waals surface area contributed by atoms with Crippen LogP contribution in [0.5, 0.6) is 0 Å². The van der Waals surface area contributed by atoms with Gasteiger partial charge in [-0.3, -0.25) is 0 Å². The molecule has 0 N–H and O–H groups in total. The fraction of sp³-hybridized carbons (Fsp3) is 0.571. The van der Waals surface area contributed by atoms with Gasteiger partial charge in [0.2, 0.25) is 0 Å². The summed E-state index contributed by atoms with van der Waals surface area (Å²) in [4.78, 5) is -0.0123. The van der Waals surface area contributed by atoms with Crippen molar-refractivity contribution in [2.24, 2.45) is 0 Å². The zero-order chi connectivity index (χ0) is 13.5. The van der Waals surface area contributed by atoms with E-state index in [1.54, 1.807) is 0 Å². The average molecular weight is 340 g/mol. The fourth-order valence-electron chi connectivity index (χ4n) is 1.86. The molecule has 0 fully saturated rings. The Morgan fingerprint density at radius 2 is 1.72 bits per heavy atom. The fourth-order valence-corrected chi connectivity index (χ4v) is 2.98. The van der Waals surface area contributed by atoms with E-state index >= 15 is 0 Å². The summed E-state index contributed by atoms with van der Waals surface area (Å²) < 4.78 is 26.1. The highest BCUT2D eigenvalue weighted by Gasteiger charge is 2.15. The van der Waals surface area contributed by atoms with Crippen LogP contribution in [-0.4, -0.2) is 0 Å². The van der Waals surface area contributed by atoms with Crippen molar-refractivity contribution in [3.8, 4) is 0 Å². The minimum atomic E-state index is -0.897. The Balaban J connectivity index is 2.51. The normalized spacial score (nSPS) is 12.7. The van der Waals surface area contributed by atoms with E-state index in [4.69, 9.17) is 11.6 Å². The first-order valence-electron chi connectivity index (χ1n) is 6.34. The molecule has 0 amide bonds. The van der Waals surface area contributed by atoms with Crippen molar-refractivity contribution in [3.63, 3.8) is 0 Å². The average Bonchev–Trinajstić information content (AvgIpc) is 2.33. The van der Waals surface area contributed by atoms with Crippen LogP contribution in [0.3, 0.4) is 0 Å². The van der Waals surface area contributed by atoms with Gasteiger partial charge in [0.05, 0.1) is 0 Å². The first-order chi connectivity index (χ1) is 8.56. The number of halogens is 4. The second kappa shape index (κ2) is 8.11. The molecule has 0 aliphatic rings. The Morgan fingerprint density at radius 3 is 2.39 bits per heavy atom. The summed E-state index contributed by atoms with van der Waals surface area (Å²) in [6, 6.07) is 2.22. The molecule has 1 aromatic carbocycles. The molecule has 0 radical (unpaired) electrons. The maximum Gasteiger partial charge on any atom is 0.160 e. The second-order valence-corrected chi connectivity index (χ2v) is 5.97. The largest absolute Gasteiger partial charge is 0.204 e. The predicted molar refractivity (Wildman–Crippen MR) is 76.4 cm³/mol. The predicted octanol–water partition coefficient (Wildman–Crippen LogP) is 6.41. The van der Waals surface area contributed by atoms with Gasteiger partial charge in [-0.25, -0.2) is 8.78 Å². The molecule has 0 aromatic heterocycles. The molecular formula is C14H18BrClF2. The molecule has 0 saturated carbocycles. The molecule has 1 aromatic rings.